The number of rotatable bonds is 5. The molecule has 2 N–H and O–H groups in total. The van der Waals surface area contributed by atoms with Gasteiger partial charge in [0.2, 0.25) is 5.91 Å². The molecule has 0 bridgehead atoms. The lowest BCUT2D eigenvalue weighted by atomic mass is 10.3. The monoisotopic (exact) mass is 308 g/mol. The second-order valence-electron chi connectivity index (χ2n) is 4.06. The van der Waals surface area contributed by atoms with Crippen molar-refractivity contribution in [2.75, 3.05) is 11.1 Å². The predicted octanol–water partition coefficient (Wildman–Crippen LogP) is 3.31. The number of amides is 1. The zero-order valence-electron chi connectivity index (χ0n) is 10.5. The molecule has 0 radical (unpaired) electrons. The Morgan fingerprint density at radius 2 is 2.25 bits per heavy atom. The first-order valence-electron chi connectivity index (χ1n) is 5.90. The molecule has 1 aromatic heterocycles. The maximum absolute atomic E-state index is 11.8. The number of aromatic nitrogens is 1. The number of nitrogens with one attached hydrogen (secondary N) is 1. The molecule has 0 spiro atoms. The van der Waals surface area contributed by atoms with Crippen molar-refractivity contribution in [3.8, 4) is 5.75 Å². The summed E-state index contributed by atoms with van der Waals surface area (Å²) in [6.45, 7) is 0. The van der Waals surface area contributed by atoms with E-state index in [0.29, 0.717) is 22.2 Å². The number of halogens is 1. The molecule has 0 saturated heterocycles. The minimum Gasteiger partial charge on any atom is -0.506 e. The summed E-state index contributed by atoms with van der Waals surface area (Å²) in [5.41, 5.74) is 1.39. The molecular weight excluding hydrogens is 296 g/mol. The van der Waals surface area contributed by atoms with Crippen LogP contribution in [0.1, 0.15) is 5.56 Å². The van der Waals surface area contributed by atoms with Gasteiger partial charge in [0.1, 0.15) is 5.75 Å². The first-order chi connectivity index (χ1) is 9.65. The Balaban J connectivity index is 1.82. The first-order valence-corrected chi connectivity index (χ1v) is 7.43. The number of carbonyl (C=O) groups excluding carboxylic acids is 1. The third kappa shape index (κ3) is 4.43. The van der Waals surface area contributed by atoms with Gasteiger partial charge in [-0.15, -0.1) is 11.8 Å². The lowest BCUT2D eigenvalue weighted by Crippen LogP contribution is -2.14. The van der Waals surface area contributed by atoms with E-state index < -0.39 is 0 Å². The summed E-state index contributed by atoms with van der Waals surface area (Å²) in [4.78, 5) is 15.8. The van der Waals surface area contributed by atoms with Crippen LogP contribution >= 0.6 is 23.4 Å². The van der Waals surface area contributed by atoms with E-state index in [1.54, 1.807) is 18.5 Å². The average molecular weight is 309 g/mol. The zero-order chi connectivity index (χ0) is 14.4. The van der Waals surface area contributed by atoms with Crippen LogP contribution < -0.4 is 5.32 Å². The summed E-state index contributed by atoms with van der Waals surface area (Å²) in [5, 5.41) is 12.7. The summed E-state index contributed by atoms with van der Waals surface area (Å²) in [7, 11) is 0. The van der Waals surface area contributed by atoms with Gasteiger partial charge in [-0.2, -0.15) is 0 Å². The van der Waals surface area contributed by atoms with Crippen molar-refractivity contribution in [1.82, 2.24) is 4.98 Å². The highest BCUT2D eigenvalue weighted by Crippen LogP contribution is 2.26. The number of aromatic hydroxyl groups is 1. The number of hydrogen-bond donors (Lipinski definition) is 2. The van der Waals surface area contributed by atoms with E-state index in [9.17, 15) is 9.90 Å². The number of carbonyl (C=O) groups is 1. The Labute approximate surface area is 126 Å². The second kappa shape index (κ2) is 7.17. The third-order valence-corrected chi connectivity index (χ3v) is 3.70. The van der Waals surface area contributed by atoms with Gasteiger partial charge in [0, 0.05) is 23.2 Å². The third-order valence-electron chi connectivity index (χ3n) is 2.46. The molecule has 0 atom stereocenters. The first kappa shape index (κ1) is 14.7. The van der Waals surface area contributed by atoms with E-state index in [4.69, 9.17) is 11.6 Å². The van der Waals surface area contributed by atoms with Crippen molar-refractivity contribution in [3.63, 3.8) is 0 Å². The zero-order valence-corrected chi connectivity index (χ0v) is 12.1. The van der Waals surface area contributed by atoms with E-state index in [0.717, 1.165) is 5.56 Å². The van der Waals surface area contributed by atoms with Crippen LogP contribution in [0, 0.1) is 0 Å². The van der Waals surface area contributed by atoms with Crippen LogP contribution in [0.25, 0.3) is 0 Å². The van der Waals surface area contributed by atoms with Crippen LogP contribution in [0.15, 0.2) is 42.7 Å². The van der Waals surface area contributed by atoms with Gasteiger partial charge in [-0.3, -0.25) is 9.78 Å². The van der Waals surface area contributed by atoms with Crippen LogP contribution in [-0.2, 0) is 10.5 Å². The van der Waals surface area contributed by atoms with Crippen LogP contribution in [0.4, 0.5) is 5.69 Å². The maximum atomic E-state index is 11.8. The lowest BCUT2D eigenvalue weighted by molar-refractivity contribution is -0.113. The number of phenols is 1. The molecule has 2 rings (SSSR count). The van der Waals surface area contributed by atoms with Crippen LogP contribution in [0.5, 0.6) is 5.75 Å². The number of anilines is 1. The van der Waals surface area contributed by atoms with Gasteiger partial charge < -0.3 is 10.4 Å². The molecule has 2 aromatic rings. The highest BCUT2D eigenvalue weighted by molar-refractivity contribution is 7.99. The van der Waals surface area contributed by atoms with E-state index >= 15 is 0 Å². The van der Waals surface area contributed by atoms with Gasteiger partial charge in [-0.25, -0.2) is 0 Å². The van der Waals surface area contributed by atoms with Crippen molar-refractivity contribution in [1.29, 1.82) is 0 Å². The van der Waals surface area contributed by atoms with Crippen LogP contribution in [0.2, 0.25) is 5.02 Å². The van der Waals surface area contributed by atoms with Gasteiger partial charge in [0.05, 0.1) is 11.4 Å². The van der Waals surface area contributed by atoms with Crippen LogP contribution in [-0.4, -0.2) is 21.8 Å². The Morgan fingerprint density at radius 3 is 3.00 bits per heavy atom. The van der Waals surface area contributed by atoms with Crippen molar-refractivity contribution in [2.45, 2.75) is 5.75 Å². The molecule has 20 heavy (non-hydrogen) atoms. The molecule has 0 saturated carbocycles. The number of thioether (sulfide) groups is 1. The predicted molar refractivity (Wildman–Crippen MR) is 82.1 cm³/mol. The van der Waals surface area contributed by atoms with Gasteiger partial charge in [-0.05, 0) is 29.8 Å². The standard InChI is InChI=1S/C14H13ClN2O2S/c15-11-3-4-13(18)12(6-11)17-14(19)9-20-8-10-2-1-5-16-7-10/h1-7,18H,8-9H2,(H,17,19). The summed E-state index contributed by atoms with van der Waals surface area (Å²) in [6, 6.07) is 8.34. The minimum atomic E-state index is -0.184. The molecule has 6 heteroatoms. The molecule has 0 aliphatic carbocycles. The maximum Gasteiger partial charge on any atom is 0.234 e. The molecule has 0 fully saturated rings. The van der Waals surface area contributed by atoms with Crippen molar-refractivity contribution < 1.29 is 9.90 Å². The van der Waals surface area contributed by atoms with Crippen molar-refractivity contribution in [3.05, 3.63) is 53.3 Å². The molecule has 1 aromatic carbocycles. The summed E-state index contributed by atoms with van der Waals surface area (Å²) >= 11 is 7.29. The summed E-state index contributed by atoms with van der Waals surface area (Å²) < 4.78 is 0. The quantitative estimate of drug-likeness (QED) is 0.832. The molecular formula is C14H13ClN2O2S. The summed E-state index contributed by atoms with van der Waals surface area (Å²) in [5.74, 6) is 0.820. The number of hydrogen-bond acceptors (Lipinski definition) is 4. The Hall–Kier alpha value is -1.72. The fraction of sp³-hybridized carbons (Fsp3) is 0.143. The van der Waals surface area contributed by atoms with Crippen molar-refractivity contribution in [2.24, 2.45) is 0 Å². The van der Waals surface area contributed by atoms with Crippen molar-refractivity contribution >= 4 is 35.0 Å². The molecule has 0 aliphatic rings. The highest BCUT2D eigenvalue weighted by Gasteiger charge is 2.07. The second-order valence-corrected chi connectivity index (χ2v) is 5.49. The number of nitrogens with zero attached hydrogens (tertiary/aromatic N) is 1. The molecule has 0 aliphatic heterocycles. The SMILES string of the molecule is O=C(CSCc1cccnc1)Nc1cc(Cl)ccc1O. The Kier molecular flexibility index (Phi) is 5.26. The van der Waals surface area contributed by atoms with Gasteiger partial charge in [0.25, 0.3) is 0 Å². The molecule has 1 amide bonds. The van der Waals surface area contributed by atoms with Gasteiger partial charge >= 0.3 is 0 Å². The minimum absolute atomic E-state index is 0.00000868. The molecule has 0 unspecified atom stereocenters. The number of benzene rings is 1. The lowest BCUT2D eigenvalue weighted by Gasteiger charge is -2.07. The smallest absolute Gasteiger partial charge is 0.234 e. The normalized spacial score (nSPS) is 10.2. The van der Waals surface area contributed by atoms with Crippen LogP contribution in [0.3, 0.4) is 0 Å². The largest absolute Gasteiger partial charge is 0.506 e. The topological polar surface area (TPSA) is 62.2 Å². The average Bonchev–Trinajstić information content (AvgIpc) is 2.44. The summed E-state index contributed by atoms with van der Waals surface area (Å²) in [6.07, 6.45) is 3.48. The molecule has 104 valence electrons. The van der Waals surface area contributed by atoms with Gasteiger partial charge in [0.15, 0.2) is 0 Å². The van der Waals surface area contributed by atoms with Gasteiger partial charge in [-0.1, -0.05) is 17.7 Å². The molecule has 4 nitrogen and oxygen atoms in total. The van der Waals surface area contributed by atoms with E-state index in [2.05, 4.69) is 10.3 Å². The fourth-order valence-electron chi connectivity index (χ4n) is 1.54. The number of pyridine rings is 1. The van der Waals surface area contributed by atoms with E-state index in [1.165, 1.54) is 23.9 Å². The number of phenolic OH excluding ortho intramolecular Hbond substituents is 1. The Morgan fingerprint density at radius 1 is 1.40 bits per heavy atom. The Bertz CT molecular complexity index is 593. The fourth-order valence-corrected chi connectivity index (χ4v) is 2.48. The van der Waals surface area contributed by atoms with E-state index in [1.807, 2.05) is 12.1 Å². The molecule has 1 heterocycles. The highest BCUT2D eigenvalue weighted by atomic mass is 35.5. The van der Waals surface area contributed by atoms with E-state index in [-0.39, 0.29) is 11.7 Å².